The van der Waals surface area contributed by atoms with E-state index in [9.17, 15) is 18.0 Å². The molecule has 0 bridgehead atoms. The topological polar surface area (TPSA) is 86.8 Å². The minimum absolute atomic E-state index is 0.0848. The van der Waals surface area contributed by atoms with Crippen LogP contribution in [0.25, 0.3) is 0 Å². The van der Waals surface area contributed by atoms with Crippen LogP contribution in [0.1, 0.15) is 36.1 Å². The highest BCUT2D eigenvalue weighted by atomic mass is 32.2. The van der Waals surface area contributed by atoms with Gasteiger partial charge in [0.15, 0.2) is 0 Å². The third-order valence-corrected chi connectivity index (χ3v) is 9.15. The van der Waals surface area contributed by atoms with E-state index < -0.39 is 28.5 Å². The third-order valence-electron chi connectivity index (χ3n) is 7.36. The normalized spacial score (nSPS) is 12.0. The molecule has 0 aliphatic heterocycles. The summed E-state index contributed by atoms with van der Waals surface area (Å²) in [4.78, 5) is 29.8. The molecule has 1 atom stereocenters. The summed E-state index contributed by atoms with van der Waals surface area (Å²) >= 11 is 0. The summed E-state index contributed by atoms with van der Waals surface area (Å²) in [6, 6.07) is 31.7. The van der Waals surface area contributed by atoms with Crippen LogP contribution in [0, 0.1) is 19.8 Å². The van der Waals surface area contributed by atoms with Crippen LogP contribution in [-0.2, 0) is 32.6 Å². The van der Waals surface area contributed by atoms with Gasteiger partial charge in [-0.25, -0.2) is 8.42 Å². The second-order valence-electron chi connectivity index (χ2n) is 11.5. The van der Waals surface area contributed by atoms with E-state index in [0.29, 0.717) is 12.2 Å². The van der Waals surface area contributed by atoms with Gasteiger partial charge >= 0.3 is 0 Å². The Kier molecular flexibility index (Phi) is 11.0. The summed E-state index contributed by atoms with van der Waals surface area (Å²) in [5.41, 5.74) is 3.98. The molecule has 0 saturated heterocycles. The zero-order valence-corrected chi connectivity index (χ0v) is 26.6. The summed E-state index contributed by atoms with van der Waals surface area (Å²) in [6.07, 6.45) is 0.276. The average Bonchev–Trinajstić information content (AvgIpc) is 3.02. The molecular formula is C36H41N3O4S. The van der Waals surface area contributed by atoms with Crippen molar-refractivity contribution >= 4 is 27.5 Å². The Morgan fingerprint density at radius 2 is 1.25 bits per heavy atom. The van der Waals surface area contributed by atoms with Crippen molar-refractivity contribution in [2.45, 2.75) is 51.6 Å². The highest BCUT2D eigenvalue weighted by Crippen LogP contribution is 2.26. The van der Waals surface area contributed by atoms with Crippen molar-refractivity contribution < 1.29 is 18.0 Å². The lowest BCUT2D eigenvalue weighted by Gasteiger charge is -2.34. The Hall–Kier alpha value is -4.43. The number of nitrogens with one attached hydrogen (secondary N) is 1. The fraction of sp³-hybridized carbons (Fsp3) is 0.278. The summed E-state index contributed by atoms with van der Waals surface area (Å²) < 4.78 is 29.3. The predicted molar refractivity (Wildman–Crippen MR) is 176 cm³/mol. The summed E-state index contributed by atoms with van der Waals surface area (Å²) in [6.45, 7) is 7.93. The van der Waals surface area contributed by atoms with Crippen LogP contribution in [-0.4, -0.2) is 44.3 Å². The predicted octanol–water partition coefficient (Wildman–Crippen LogP) is 5.91. The van der Waals surface area contributed by atoms with Gasteiger partial charge in [-0.05, 0) is 55.2 Å². The molecule has 0 radical (unpaired) electrons. The molecule has 4 aromatic carbocycles. The van der Waals surface area contributed by atoms with Crippen molar-refractivity contribution in [1.29, 1.82) is 0 Å². The Morgan fingerprint density at radius 3 is 1.80 bits per heavy atom. The van der Waals surface area contributed by atoms with E-state index in [-0.39, 0.29) is 29.7 Å². The SMILES string of the molecule is Cc1ccc(N(CC(=O)N(Cc2ccccc2)C(Cc2ccccc2)C(=O)NCC(C)C)S(=O)(=O)c2ccc(C)cc2)cc1. The largest absolute Gasteiger partial charge is 0.354 e. The molecule has 0 aromatic heterocycles. The fourth-order valence-electron chi connectivity index (χ4n) is 4.83. The first-order chi connectivity index (χ1) is 21.0. The smallest absolute Gasteiger partial charge is 0.264 e. The zero-order valence-electron chi connectivity index (χ0n) is 25.8. The second-order valence-corrected chi connectivity index (χ2v) is 13.4. The van der Waals surface area contributed by atoms with Crippen LogP contribution < -0.4 is 9.62 Å². The van der Waals surface area contributed by atoms with Gasteiger partial charge in [0.1, 0.15) is 12.6 Å². The van der Waals surface area contributed by atoms with Crippen LogP contribution >= 0.6 is 0 Å². The maximum atomic E-state index is 14.4. The Bertz CT molecular complexity index is 1620. The van der Waals surface area contributed by atoms with Crippen molar-refractivity contribution in [1.82, 2.24) is 10.2 Å². The van der Waals surface area contributed by atoms with Crippen LogP contribution in [0.3, 0.4) is 0 Å². The van der Waals surface area contributed by atoms with Crippen molar-refractivity contribution in [2.75, 3.05) is 17.4 Å². The Labute approximate surface area is 261 Å². The van der Waals surface area contributed by atoms with Crippen molar-refractivity contribution in [3.8, 4) is 0 Å². The van der Waals surface area contributed by atoms with E-state index >= 15 is 0 Å². The number of rotatable bonds is 13. The summed E-state index contributed by atoms with van der Waals surface area (Å²) in [5.74, 6) is -0.549. The molecule has 0 aliphatic carbocycles. The molecule has 4 rings (SSSR count). The molecule has 44 heavy (non-hydrogen) atoms. The molecule has 7 nitrogen and oxygen atoms in total. The molecule has 2 amide bonds. The lowest BCUT2D eigenvalue weighted by atomic mass is 10.0. The number of carbonyl (C=O) groups excluding carboxylic acids is 2. The number of carbonyl (C=O) groups is 2. The van der Waals surface area contributed by atoms with E-state index in [4.69, 9.17) is 0 Å². The molecule has 0 saturated carbocycles. The van der Waals surface area contributed by atoms with E-state index in [2.05, 4.69) is 5.32 Å². The summed E-state index contributed by atoms with van der Waals surface area (Å²) in [5, 5.41) is 3.01. The van der Waals surface area contributed by atoms with Crippen LogP contribution in [0.2, 0.25) is 0 Å². The van der Waals surface area contributed by atoms with Gasteiger partial charge in [-0.15, -0.1) is 0 Å². The van der Waals surface area contributed by atoms with Gasteiger partial charge in [0.25, 0.3) is 10.0 Å². The minimum atomic E-state index is -4.13. The molecule has 1 unspecified atom stereocenters. The number of aryl methyl sites for hydroxylation is 2. The van der Waals surface area contributed by atoms with Gasteiger partial charge in [-0.3, -0.25) is 13.9 Å². The first-order valence-electron chi connectivity index (χ1n) is 14.9. The maximum absolute atomic E-state index is 14.4. The molecule has 4 aromatic rings. The molecule has 0 fully saturated rings. The highest BCUT2D eigenvalue weighted by molar-refractivity contribution is 7.92. The van der Waals surface area contributed by atoms with Crippen molar-refractivity contribution in [3.05, 3.63) is 131 Å². The molecule has 0 aliphatic rings. The van der Waals surface area contributed by atoms with Gasteiger partial charge < -0.3 is 10.2 Å². The molecule has 8 heteroatoms. The standard InChI is InChI=1S/C36H41N3O4S/c1-27(2)24-37-36(41)34(23-30-11-7-5-8-12-30)38(25-31-13-9-6-10-14-31)35(40)26-39(32-19-15-28(3)16-20-32)44(42,43)33-21-17-29(4)18-22-33/h5-22,27,34H,23-26H2,1-4H3,(H,37,41). The molecule has 0 heterocycles. The van der Waals surface area contributed by atoms with Crippen LogP contribution in [0.15, 0.2) is 114 Å². The van der Waals surface area contributed by atoms with Gasteiger partial charge in [0.05, 0.1) is 10.6 Å². The van der Waals surface area contributed by atoms with E-state index in [1.165, 1.54) is 4.90 Å². The Morgan fingerprint density at radius 1 is 0.727 bits per heavy atom. The number of nitrogens with zero attached hydrogens (tertiary/aromatic N) is 2. The lowest BCUT2D eigenvalue weighted by Crippen LogP contribution is -2.53. The number of benzene rings is 4. The van der Waals surface area contributed by atoms with Crippen molar-refractivity contribution in [2.24, 2.45) is 5.92 Å². The quantitative estimate of drug-likeness (QED) is 0.204. The Balaban J connectivity index is 1.78. The van der Waals surface area contributed by atoms with Gasteiger partial charge in [0.2, 0.25) is 11.8 Å². The van der Waals surface area contributed by atoms with Crippen LogP contribution in [0.5, 0.6) is 0 Å². The molecule has 230 valence electrons. The third kappa shape index (κ3) is 8.57. The minimum Gasteiger partial charge on any atom is -0.354 e. The average molecular weight is 612 g/mol. The van der Waals surface area contributed by atoms with Crippen LogP contribution in [0.4, 0.5) is 5.69 Å². The maximum Gasteiger partial charge on any atom is 0.264 e. The van der Waals surface area contributed by atoms with Gasteiger partial charge in [0, 0.05) is 19.5 Å². The van der Waals surface area contributed by atoms with Gasteiger partial charge in [-0.1, -0.05) is 110 Å². The fourth-order valence-corrected chi connectivity index (χ4v) is 6.25. The van der Waals surface area contributed by atoms with E-state index in [1.54, 1.807) is 36.4 Å². The number of anilines is 1. The first-order valence-corrected chi connectivity index (χ1v) is 16.3. The van der Waals surface area contributed by atoms with Gasteiger partial charge in [-0.2, -0.15) is 0 Å². The number of hydrogen-bond donors (Lipinski definition) is 1. The van der Waals surface area contributed by atoms with E-state index in [0.717, 1.165) is 26.6 Å². The second kappa shape index (κ2) is 14.8. The van der Waals surface area contributed by atoms with E-state index in [1.807, 2.05) is 100 Å². The summed E-state index contributed by atoms with van der Waals surface area (Å²) in [7, 11) is -4.13. The highest BCUT2D eigenvalue weighted by Gasteiger charge is 2.34. The number of hydrogen-bond acceptors (Lipinski definition) is 4. The monoisotopic (exact) mass is 611 g/mol. The number of sulfonamides is 1. The molecule has 1 N–H and O–H groups in total. The zero-order chi connectivity index (χ0) is 31.7. The first kappa shape index (κ1) is 32.5. The lowest BCUT2D eigenvalue weighted by molar-refractivity contribution is -0.140. The number of amides is 2. The molecule has 0 spiro atoms. The molecular weight excluding hydrogens is 570 g/mol. The van der Waals surface area contributed by atoms with Crippen molar-refractivity contribution in [3.63, 3.8) is 0 Å².